The molecule has 0 saturated carbocycles. The number of esters is 1. The maximum absolute atomic E-state index is 11.8. The SMILES string of the molecule is Cl.Cl.N[C@@H](Cc1ccncc1)C(=O)OCc1cc(Cl)nc(Cl)c1. The number of aromatic nitrogens is 2. The quantitative estimate of drug-likeness (QED) is 0.617. The second-order valence-corrected chi connectivity index (χ2v) is 5.17. The lowest BCUT2D eigenvalue weighted by Gasteiger charge is -2.11. The smallest absolute Gasteiger partial charge is 0.323 e. The summed E-state index contributed by atoms with van der Waals surface area (Å²) in [5, 5.41) is 0.490. The molecule has 0 amide bonds. The first kappa shape index (κ1) is 21.9. The Hall–Kier alpha value is -1.11. The van der Waals surface area contributed by atoms with Crippen LogP contribution in [0.2, 0.25) is 10.3 Å². The molecule has 0 aliphatic rings. The largest absolute Gasteiger partial charge is 0.460 e. The van der Waals surface area contributed by atoms with E-state index in [4.69, 9.17) is 33.7 Å². The minimum Gasteiger partial charge on any atom is -0.460 e. The van der Waals surface area contributed by atoms with Gasteiger partial charge in [-0.3, -0.25) is 9.78 Å². The lowest BCUT2D eigenvalue weighted by molar-refractivity contribution is -0.146. The number of halogens is 4. The second kappa shape index (κ2) is 10.6. The van der Waals surface area contributed by atoms with Gasteiger partial charge in [0.05, 0.1) is 0 Å². The number of hydrogen-bond donors (Lipinski definition) is 1. The van der Waals surface area contributed by atoms with Crippen molar-refractivity contribution in [2.24, 2.45) is 5.73 Å². The van der Waals surface area contributed by atoms with E-state index in [9.17, 15) is 4.79 Å². The van der Waals surface area contributed by atoms with Gasteiger partial charge in [0.25, 0.3) is 0 Å². The predicted molar refractivity (Wildman–Crippen MR) is 94.5 cm³/mol. The Kier molecular flexibility index (Phi) is 10.1. The van der Waals surface area contributed by atoms with Crippen LogP contribution in [0.5, 0.6) is 0 Å². The van der Waals surface area contributed by atoms with Crippen LogP contribution in [0, 0.1) is 0 Å². The normalized spacial score (nSPS) is 10.9. The van der Waals surface area contributed by atoms with Gasteiger partial charge in [-0.15, -0.1) is 24.8 Å². The molecule has 0 aliphatic carbocycles. The van der Waals surface area contributed by atoms with Gasteiger partial charge in [0.2, 0.25) is 0 Å². The highest BCUT2D eigenvalue weighted by atomic mass is 35.5. The minimum atomic E-state index is -0.736. The Morgan fingerprint density at radius 1 is 1.13 bits per heavy atom. The number of nitrogens with zero attached hydrogens (tertiary/aromatic N) is 2. The van der Waals surface area contributed by atoms with Crippen molar-refractivity contribution in [1.82, 2.24) is 9.97 Å². The maximum Gasteiger partial charge on any atom is 0.323 e. The molecule has 23 heavy (non-hydrogen) atoms. The Bertz CT molecular complexity index is 608. The van der Waals surface area contributed by atoms with Crippen molar-refractivity contribution in [3.8, 4) is 0 Å². The van der Waals surface area contributed by atoms with Gasteiger partial charge >= 0.3 is 5.97 Å². The topological polar surface area (TPSA) is 78.1 Å². The zero-order valence-electron chi connectivity index (χ0n) is 11.8. The fourth-order valence-corrected chi connectivity index (χ4v) is 2.22. The lowest BCUT2D eigenvalue weighted by Crippen LogP contribution is -2.34. The first-order chi connectivity index (χ1) is 10.0. The Morgan fingerprint density at radius 3 is 2.26 bits per heavy atom. The van der Waals surface area contributed by atoms with E-state index in [-0.39, 0.29) is 41.7 Å². The number of carbonyl (C=O) groups excluding carboxylic acids is 1. The first-order valence-corrected chi connectivity index (χ1v) is 6.93. The van der Waals surface area contributed by atoms with Crippen LogP contribution >= 0.6 is 48.0 Å². The van der Waals surface area contributed by atoms with E-state index in [1.165, 1.54) is 0 Å². The molecule has 1 atom stereocenters. The molecule has 0 aromatic carbocycles. The molecule has 0 spiro atoms. The van der Waals surface area contributed by atoms with Crippen molar-refractivity contribution in [1.29, 1.82) is 0 Å². The van der Waals surface area contributed by atoms with E-state index in [0.717, 1.165) is 5.56 Å². The first-order valence-electron chi connectivity index (χ1n) is 6.17. The van der Waals surface area contributed by atoms with Gasteiger partial charge in [-0.25, -0.2) is 4.98 Å². The van der Waals surface area contributed by atoms with Gasteiger partial charge in [-0.1, -0.05) is 23.2 Å². The van der Waals surface area contributed by atoms with E-state index in [1.54, 1.807) is 36.7 Å². The molecule has 2 N–H and O–H groups in total. The molecule has 2 aromatic heterocycles. The van der Waals surface area contributed by atoms with E-state index < -0.39 is 12.0 Å². The van der Waals surface area contributed by atoms with Crippen LogP contribution in [0.15, 0.2) is 36.7 Å². The van der Waals surface area contributed by atoms with Crippen LogP contribution in [-0.4, -0.2) is 22.0 Å². The molecule has 126 valence electrons. The minimum absolute atomic E-state index is 0. The third-order valence-electron chi connectivity index (χ3n) is 2.71. The van der Waals surface area contributed by atoms with E-state index in [0.29, 0.717) is 12.0 Å². The lowest BCUT2D eigenvalue weighted by atomic mass is 10.1. The number of pyridine rings is 2. The molecular weight excluding hydrogens is 384 g/mol. The molecule has 0 fully saturated rings. The average Bonchev–Trinajstić information content (AvgIpc) is 2.44. The zero-order valence-corrected chi connectivity index (χ0v) is 15.0. The van der Waals surface area contributed by atoms with Crippen LogP contribution in [0.4, 0.5) is 0 Å². The molecule has 2 aromatic rings. The van der Waals surface area contributed by atoms with Crippen molar-refractivity contribution in [2.75, 3.05) is 0 Å². The molecule has 5 nitrogen and oxygen atoms in total. The highest BCUT2D eigenvalue weighted by molar-refractivity contribution is 6.32. The summed E-state index contributed by atoms with van der Waals surface area (Å²) in [6, 6.07) is 6.02. The number of ether oxygens (including phenoxy) is 1. The van der Waals surface area contributed by atoms with Gasteiger partial charge < -0.3 is 10.5 Å². The monoisotopic (exact) mass is 397 g/mol. The number of carbonyl (C=O) groups is 1. The fraction of sp³-hybridized carbons (Fsp3) is 0.214. The summed E-state index contributed by atoms with van der Waals surface area (Å²) in [5.41, 5.74) is 7.39. The third-order valence-corrected chi connectivity index (χ3v) is 3.10. The summed E-state index contributed by atoms with van der Waals surface area (Å²) >= 11 is 11.5. The molecular formula is C14H15Cl4N3O2. The van der Waals surface area contributed by atoms with Gasteiger partial charge in [0.15, 0.2) is 0 Å². The molecule has 0 saturated heterocycles. The van der Waals surface area contributed by atoms with Gasteiger partial charge in [-0.2, -0.15) is 0 Å². The molecule has 9 heteroatoms. The van der Waals surface area contributed by atoms with E-state index >= 15 is 0 Å². The molecule has 2 heterocycles. The molecule has 0 radical (unpaired) electrons. The van der Waals surface area contributed by atoms with Crippen molar-refractivity contribution in [3.05, 3.63) is 58.1 Å². The summed E-state index contributed by atoms with van der Waals surface area (Å²) in [4.78, 5) is 19.6. The standard InChI is InChI=1S/C14H13Cl2N3O2.2ClH/c15-12-6-10(7-13(16)19-12)8-21-14(20)11(17)5-9-1-3-18-4-2-9;;/h1-4,6-7,11H,5,8,17H2;2*1H/t11-;;/m0../s1. The van der Waals surface area contributed by atoms with E-state index in [2.05, 4.69) is 9.97 Å². The molecule has 0 bridgehead atoms. The van der Waals surface area contributed by atoms with Crippen LogP contribution in [0.3, 0.4) is 0 Å². The number of rotatable bonds is 5. The summed E-state index contributed by atoms with van der Waals surface area (Å²) in [6.07, 6.45) is 3.68. The van der Waals surface area contributed by atoms with Crippen LogP contribution < -0.4 is 5.73 Å². The van der Waals surface area contributed by atoms with Crippen LogP contribution in [0.25, 0.3) is 0 Å². The number of hydrogen-bond acceptors (Lipinski definition) is 5. The highest BCUT2D eigenvalue weighted by Gasteiger charge is 2.16. The van der Waals surface area contributed by atoms with Crippen molar-refractivity contribution < 1.29 is 9.53 Å². The Morgan fingerprint density at radius 2 is 1.70 bits per heavy atom. The number of nitrogens with two attached hydrogens (primary N) is 1. The summed E-state index contributed by atoms with van der Waals surface area (Å²) in [7, 11) is 0. The van der Waals surface area contributed by atoms with Crippen molar-refractivity contribution in [2.45, 2.75) is 19.1 Å². The average molecular weight is 399 g/mol. The summed E-state index contributed by atoms with van der Waals surface area (Å²) in [6.45, 7) is 0.0465. The molecule has 2 rings (SSSR count). The highest BCUT2D eigenvalue weighted by Crippen LogP contribution is 2.15. The molecule has 0 unspecified atom stereocenters. The fourth-order valence-electron chi connectivity index (χ4n) is 1.72. The van der Waals surface area contributed by atoms with Crippen LogP contribution in [-0.2, 0) is 22.6 Å². The van der Waals surface area contributed by atoms with Gasteiger partial charge in [0, 0.05) is 12.4 Å². The van der Waals surface area contributed by atoms with E-state index in [1.807, 2.05) is 0 Å². The molecule has 0 aliphatic heterocycles. The maximum atomic E-state index is 11.8. The zero-order chi connectivity index (χ0) is 15.2. The predicted octanol–water partition coefficient (Wildman–Crippen LogP) is 3.24. The van der Waals surface area contributed by atoms with Gasteiger partial charge in [-0.05, 0) is 41.8 Å². The third kappa shape index (κ3) is 7.33. The summed E-state index contributed by atoms with van der Waals surface area (Å²) < 4.78 is 5.15. The van der Waals surface area contributed by atoms with Crippen LogP contribution in [0.1, 0.15) is 11.1 Å². The van der Waals surface area contributed by atoms with Gasteiger partial charge in [0.1, 0.15) is 23.0 Å². The summed E-state index contributed by atoms with van der Waals surface area (Å²) in [5.74, 6) is -0.490. The Balaban J connectivity index is 0.00000242. The Labute approximate surface area is 156 Å². The van der Waals surface area contributed by atoms with Crippen molar-refractivity contribution in [3.63, 3.8) is 0 Å². The van der Waals surface area contributed by atoms with Crippen molar-refractivity contribution >= 4 is 54.0 Å². The second-order valence-electron chi connectivity index (χ2n) is 4.39.